The van der Waals surface area contributed by atoms with Gasteiger partial charge in [0, 0.05) is 18.2 Å². The number of hydrogen-bond donors (Lipinski definition) is 3. The highest BCUT2D eigenvalue weighted by Crippen LogP contribution is 2.37. The summed E-state index contributed by atoms with van der Waals surface area (Å²) in [4.78, 5) is 10.6. The van der Waals surface area contributed by atoms with Crippen LogP contribution in [0, 0.1) is 0 Å². The second-order valence-corrected chi connectivity index (χ2v) is 4.27. The summed E-state index contributed by atoms with van der Waals surface area (Å²) < 4.78 is 0. The van der Waals surface area contributed by atoms with Gasteiger partial charge in [0.05, 0.1) is 0 Å². The SMILES string of the molecule is CC(=O)SCC=Cc1ccc(O)c(O)c1O. The van der Waals surface area contributed by atoms with Gasteiger partial charge in [-0.15, -0.1) is 0 Å². The van der Waals surface area contributed by atoms with E-state index in [4.69, 9.17) is 5.11 Å². The molecule has 86 valence electrons. The van der Waals surface area contributed by atoms with Gasteiger partial charge >= 0.3 is 0 Å². The molecule has 0 bridgehead atoms. The lowest BCUT2D eigenvalue weighted by Gasteiger charge is -2.03. The van der Waals surface area contributed by atoms with Gasteiger partial charge in [-0.05, 0) is 12.1 Å². The Bertz CT molecular complexity index is 426. The minimum absolute atomic E-state index is 0.0161. The summed E-state index contributed by atoms with van der Waals surface area (Å²) in [5.74, 6) is -0.783. The van der Waals surface area contributed by atoms with Crippen molar-refractivity contribution in [1.82, 2.24) is 0 Å². The molecule has 0 aliphatic heterocycles. The van der Waals surface area contributed by atoms with Crippen molar-refractivity contribution in [2.24, 2.45) is 0 Å². The maximum atomic E-state index is 10.6. The van der Waals surface area contributed by atoms with Crippen molar-refractivity contribution in [2.45, 2.75) is 6.92 Å². The zero-order chi connectivity index (χ0) is 12.1. The Hall–Kier alpha value is -1.62. The highest BCUT2D eigenvalue weighted by Gasteiger charge is 2.08. The zero-order valence-electron chi connectivity index (χ0n) is 8.67. The molecule has 0 aliphatic rings. The summed E-state index contributed by atoms with van der Waals surface area (Å²) in [6.45, 7) is 1.47. The Morgan fingerprint density at radius 3 is 2.62 bits per heavy atom. The Morgan fingerprint density at radius 1 is 1.31 bits per heavy atom. The molecule has 0 saturated heterocycles. The molecule has 0 radical (unpaired) electrons. The van der Waals surface area contributed by atoms with Crippen molar-refractivity contribution in [2.75, 3.05) is 5.75 Å². The number of hydrogen-bond acceptors (Lipinski definition) is 5. The third kappa shape index (κ3) is 3.20. The van der Waals surface area contributed by atoms with E-state index in [0.717, 1.165) is 11.8 Å². The van der Waals surface area contributed by atoms with E-state index in [1.54, 1.807) is 12.2 Å². The highest BCUT2D eigenvalue weighted by atomic mass is 32.2. The lowest BCUT2D eigenvalue weighted by molar-refractivity contribution is -0.109. The number of thioether (sulfide) groups is 1. The van der Waals surface area contributed by atoms with Gasteiger partial charge in [-0.25, -0.2) is 0 Å². The van der Waals surface area contributed by atoms with E-state index in [0.29, 0.717) is 11.3 Å². The molecule has 1 aromatic rings. The van der Waals surface area contributed by atoms with E-state index < -0.39 is 5.75 Å². The fourth-order valence-electron chi connectivity index (χ4n) is 1.06. The Balaban J connectivity index is 2.74. The number of carbonyl (C=O) groups excluding carboxylic acids is 1. The molecule has 16 heavy (non-hydrogen) atoms. The molecule has 0 aromatic heterocycles. The molecule has 0 unspecified atom stereocenters. The Morgan fingerprint density at radius 2 is 2.00 bits per heavy atom. The van der Waals surface area contributed by atoms with Crippen LogP contribution in [0.25, 0.3) is 6.08 Å². The fraction of sp³-hybridized carbons (Fsp3) is 0.182. The highest BCUT2D eigenvalue weighted by molar-refractivity contribution is 8.13. The molecule has 0 heterocycles. The monoisotopic (exact) mass is 240 g/mol. The summed E-state index contributed by atoms with van der Waals surface area (Å²) in [7, 11) is 0. The zero-order valence-corrected chi connectivity index (χ0v) is 9.49. The van der Waals surface area contributed by atoms with Crippen molar-refractivity contribution in [1.29, 1.82) is 0 Å². The predicted octanol–water partition coefficient (Wildman–Crippen LogP) is 2.10. The van der Waals surface area contributed by atoms with E-state index in [1.165, 1.54) is 19.1 Å². The van der Waals surface area contributed by atoms with Crippen molar-refractivity contribution < 1.29 is 20.1 Å². The average Bonchev–Trinajstić information content (AvgIpc) is 2.23. The molecular formula is C11H12O4S. The Kier molecular flexibility index (Phi) is 4.25. The van der Waals surface area contributed by atoms with Crippen LogP contribution in [0.4, 0.5) is 0 Å². The summed E-state index contributed by atoms with van der Waals surface area (Å²) in [6.07, 6.45) is 3.27. The second kappa shape index (κ2) is 5.46. The van der Waals surface area contributed by atoms with E-state index in [-0.39, 0.29) is 16.6 Å². The van der Waals surface area contributed by atoms with Gasteiger partial charge in [0.25, 0.3) is 0 Å². The second-order valence-electron chi connectivity index (χ2n) is 3.08. The summed E-state index contributed by atoms with van der Waals surface area (Å²) in [5, 5.41) is 27.8. The number of carbonyl (C=O) groups is 1. The van der Waals surface area contributed by atoms with E-state index >= 15 is 0 Å². The number of rotatable bonds is 3. The molecule has 0 spiro atoms. The molecule has 0 saturated carbocycles. The van der Waals surface area contributed by atoms with Gasteiger partial charge in [-0.3, -0.25) is 4.79 Å². The van der Waals surface area contributed by atoms with Crippen LogP contribution in [0.15, 0.2) is 18.2 Å². The average molecular weight is 240 g/mol. The maximum absolute atomic E-state index is 10.6. The first kappa shape index (κ1) is 12.4. The normalized spacial score (nSPS) is 10.8. The quantitative estimate of drug-likeness (QED) is 0.705. The van der Waals surface area contributed by atoms with Gasteiger partial charge in [-0.2, -0.15) is 0 Å². The minimum atomic E-state index is -0.540. The number of phenolic OH excluding ortho intramolecular Hbond substituents is 3. The first-order valence-corrected chi connectivity index (χ1v) is 5.54. The molecule has 0 amide bonds. The van der Waals surface area contributed by atoms with E-state index in [1.807, 2.05) is 0 Å². The third-order valence-electron chi connectivity index (χ3n) is 1.84. The van der Waals surface area contributed by atoms with Crippen molar-refractivity contribution in [3.8, 4) is 17.2 Å². The van der Waals surface area contributed by atoms with Crippen LogP contribution >= 0.6 is 11.8 Å². The molecule has 0 atom stereocenters. The van der Waals surface area contributed by atoms with Crippen LogP contribution in [0.2, 0.25) is 0 Å². The smallest absolute Gasteiger partial charge is 0.200 e. The molecule has 3 N–H and O–H groups in total. The van der Waals surface area contributed by atoms with Crippen LogP contribution in [0.1, 0.15) is 12.5 Å². The van der Waals surface area contributed by atoms with Crippen LogP contribution in [0.5, 0.6) is 17.2 Å². The van der Waals surface area contributed by atoms with Crippen LogP contribution in [-0.4, -0.2) is 26.2 Å². The minimum Gasteiger partial charge on any atom is -0.504 e. The first-order valence-electron chi connectivity index (χ1n) is 4.56. The van der Waals surface area contributed by atoms with Gasteiger partial charge in [0.15, 0.2) is 16.6 Å². The van der Waals surface area contributed by atoms with Gasteiger partial charge in [0.2, 0.25) is 5.75 Å². The van der Waals surface area contributed by atoms with Crippen LogP contribution in [0.3, 0.4) is 0 Å². The van der Waals surface area contributed by atoms with Crippen molar-refractivity contribution >= 4 is 23.0 Å². The molecule has 5 heteroatoms. The number of phenols is 3. The van der Waals surface area contributed by atoms with Gasteiger partial charge < -0.3 is 15.3 Å². The van der Waals surface area contributed by atoms with Crippen LogP contribution < -0.4 is 0 Å². The topological polar surface area (TPSA) is 77.8 Å². The number of aromatic hydroxyl groups is 3. The third-order valence-corrected chi connectivity index (χ3v) is 2.61. The maximum Gasteiger partial charge on any atom is 0.200 e. The lowest BCUT2D eigenvalue weighted by atomic mass is 10.1. The fourth-order valence-corrected chi connectivity index (χ4v) is 1.49. The van der Waals surface area contributed by atoms with E-state index in [9.17, 15) is 15.0 Å². The summed E-state index contributed by atoms with van der Waals surface area (Å²) in [5.41, 5.74) is 0.388. The molecule has 0 aliphatic carbocycles. The molecule has 4 nitrogen and oxygen atoms in total. The molecule has 0 fully saturated rings. The standard InChI is InChI=1S/C11H12O4S/c1-7(12)16-6-2-3-8-4-5-9(13)11(15)10(8)14/h2-5,13-15H,6H2,1H3. The predicted molar refractivity (Wildman–Crippen MR) is 63.6 cm³/mol. The van der Waals surface area contributed by atoms with Gasteiger partial charge in [-0.1, -0.05) is 23.9 Å². The largest absolute Gasteiger partial charge is 0.504 e. The lowest BCUT2D eigenvalue weighted by Crippen LogP contribution is -1.82. The van der Waals surface area contributed by atoms with Crippen molar-refractivity contribution in [3.63, 3.8) is 0 Å². The van der Waals surface area contributed by atoms with E-state index in [2.05, 4.69) is 0 Å². The van der Waals surface area contributed by atoms with Gasteiger partial charge in [0.1, 0.15) is 0 Å². The summed E-state index contributed by atoms with van der Waals surface area (Å²) in [6, 6.07) is 2.76. The summed E-state index contributed by atoms with van der Waals surface area (Å²) >= 11 is 1.14. The molecule has 1 aromatic carbocycles. The molecular weight excluding hydrogens is 228 g/mol. The molecule has 1 rings (SSSR count). The van der Waals surface area contributed by atoms with Crippen molar-refractivity contribution in [3.05, 3.63) is 23.8 Å². The Labute approximate surface area is 97.2 Å². The van der Waals surface area contributed by atoms with Crippen LogP contribution in [-0.2, 0) is 4.79 Å². The first-order chi connectivity index (χ1) is 7.52. The number of benzene rings is 1.